The summed E-state index contributed by atoms with van der Waals surface area (Å²) in [6.45, 7) is 10.8. The number of hydrogen-bond acceptors (Lipinski definition) is 4. The molecule has 0 amide bonds. The molecule has 0 aromatic carbocycles. The Hall–Kier alpha value is 0.0569. The van der Waals surface area contributed by atoms with E-state index < -0.39 is 14.5 Å². The molecule has 0 aliphatic rings. The Labute approximate surface area is 94.5 Å². The van der Waals surface area contributed by atoms with Gasteiger partial charge in [-0.2, -0.15) is 0 Å². The van der Waals surface area contributed by atoms with E-state index in [4.69, 9.17) is 19.0 Å². The van der Waals surface area contributed by atoms with Crippen LogP contribution in [0.1, 0.15) is 41.0 Å². The highest BCUT2D eigenvalue weighted by Crippen LogP contribution is 2.22. The molecule has 0 saturated heterocycles. The lowest BCUT2D eigenvalue weighted by atomic mass is 10.4. The fourth-order valence-corrected chi connectivity index (χ4v) is 4.33. The van der Waals surface area contributed by atoms with Crippen molar-refractivity contribution < 1.29 is 13.3 Å². The maximum absolute atomic E-state index is 5.86. The first-order valence-electron chi connectivity index (χ1n) is 5.66. The van der Waals surface area contributed by atoms with Gasteiger partial charge in [0.2, 0.25) is 0 Å². The van der Waals surface area contributed by atoms with E-state index in [0.717, 1.165) is 12.5 Å². The predicted molar refractivity (Wildman–Crippen MR) is 63.5 cm³/mol. The average molecular weight is 235 g/mol. The molecule has 0 radical (unpaired) electrons. The Morgan fingerprint density at radius 1 is 1.07 bits per heavy atom. The molecule has 0 unspecified atom stereocenters. The molecule has 92 valence electrons. The molecule has 0 aliphatic carbocycles. The van der Waals surface area contributed by atoms with Gasteiger partial charge in [-0.1, -0.05) is 13.3 Å². The smallest absolute Gasteiger partial charge is 0.374 e. The van der Waals surface area contributed by atoms with Crippen molar-refractivity contribution in [2.24, 2.45) is 5.73 Å². The lowest BCUT2D eigenvalue weighted by Crippen LogP contribution is -2.54. The summed E-state index contributed by atoms with van der Waals surface area (Å²) < 4.78 is 17.2. The zero-order valence-corrected chi connectivity index (χ0v) is 11.6. The van der Waals surface area contributed by atoms with Gasteiger partial charge in [0, 0.05) is 19.3 Å². The monoisotopic (exact) mass is 235 g/mol. The SMILES string of the molecule is CCC[Si](OCC)(OCC)OC(C)(C)N. The van der Waals surface area contributed by atoms with Gasteiger partial charge in [0.25, 0.3) is 0 Å². The van der Waals surface area contributed by atoms with Gasteiger partial charge in [-0.25, -0.2) is 0 Å². The lowest BCUT2D eigenvalue weighted by Gasteiger charge is -2.34. The molecule has 5 heteroatoms. The predicted octanol–water partition coefficient (Wildman–Crippen LogP) is 2.12. The maximum atomic E-state index is 5.86. The van der Waals surface area contributed by atoms with Crippen molar-refractivity contribution in [3.05, 3.63) is 0 Å². The second-order valence-electron chi connectivity index (χ2n) is 4.00. The Bertz CT molecular complexity index is 154. The summed E-state index contributed by atoms with van der Waals surface area (Å²) in [5.41, 5.74) is 5.16. The molecule has 4 nitrogen and oxygen atoms in total. The topological polar surface area (TPSA) is 53.7 Å². The van der Waals surface area contributed by atoms with Crippen molar-refractivity contribution in [3.8, 4) is 0 Å². The molecule has 2 N–H and O–H groups in total. The van der Waals surface area contributed by atoms with Crippen LogP contribution in [0.15, 0.2) is 0 Å². The van der Waals surface area contributed by atoms with Gasteiger partial charge in [0.15, 0.2) is 0 Å². The van der Waals surface area contributed by atoms with Crippen molar-refractivity contribution in [2.75, 3.05) is 13.2 Å². The third-order valence-corrected chi connectivity index (χ3v) is 5.11. The second kappa shape index (κ2) is 6.60. The van der Waals surface area contributed by atoms with Crippen LogP contribution in [0, 0.1) is 0 Å². The van der Waals surface area contributed by atoms with Gasteiger partial charge in [-0.3, -0.25) is 0 Å². The minimum Gasteiger partial charge on any atom is -0.374 e. The largest absolute Gasteiger partial charge is 0.502 e. The van der Waals surface area contributed by atoms with Crippen molar-refractivity contribution in [1.29, 1.82) is 0 Å². The number of rotatable bonds is 8. The lowest BCUT2D eigenvalue weighted by molar-refractivity contribution is -0.00686. The summed E-state index contributed by atoms with van der Waals surface area (Å²) in [5, 5.41) is 0. The Kier molecular flexibility index (Phi) is 6.62. The van der Waals surface area contributed by atoms with Gasteiger partial charge in [-0.05, 0) is 27.7 Å². The first kappa shape index (κ1) is 15.1. The molecule has 0 aromatic heterocycles. The molecule has 0 aromatic rings. The van der Waals surface area contributed by atoms with Gasteiger partial charge in [0.1, 0.15) is 5.72 Å². The average Bonchev–Trinajstić information content (AvgIpc) is 2.01. The van der Waals surface area contributed by atoms with Gasteiger partial charge < -0.3 is 19.0 Å². The molecular weight excluding hydrogens is 210 g/mol. The van der Waals surface area contributed by atoms with E-state index in [2.05, 4.69) is 6.92 Å². The van der Waals surface area contributed by atoms with Crippen LogP contribution in [-0.2, 0) is 13.3 Å². The van der Waals surface area contributed by atoms with E-state index >= 15 is 0 Å². The van der Waals surface area contributed by atoms with Crippen molar-refractivity contribution in [3.63, 3.8) is 0 Å². The Morgan fingerprint density at radius 2 is 1.53 bits per heavy atom. The normalized spacial score (nSPS) is 13.2. The molecule has 0 atom stereocenters. The minimum absolute atomic E-state index is 0.600. The standard InChI is InChI=1S/C10H25NO3Si/c1-6-9-15(12-7-2,13-8-3)14-10(4,5)11/h6-9,11H2,1-5H3. The fourth-order valence-electron chi connectivity index (χ4n) is 1.44. The molecule has 0 aliphatic heterocycles. The highest BCUT2D eigenvalue weighted by molar-refractivity contribution is 6.60. The molecule has 0 rings (SSSR count). The number of nitrogens with two attached hydrogens (primary N) is 1. The fraction of sp³-hybridized carbons (Fsp3) is 1.00. The molecule has 0 saturated carbocycles. The third kappa shape index (κ3) is 6.27. The summed E-state index contributed by atoms with van der Waals surface area (Å²) in [6.07, 6.45) is 0.975. The van der Waals surface area contributed by atoms with E-state index in [0.29, 0.717) is 13.2 Å². The highest BCUT2D eigenvalue weighted by atomic mass is 28.4. The Balaban J connectivity index is 4.60. The summed E-state index contributed by atoms with van der Waals surface area (Å²) >= 11 is 0. The van der Waals surface area contributed by atoms with Crippen LogP contribution in [-0.4, -0.2) is 27.7 Å². The summed E-state index contributed by atoms with van der Waals surface area (Å²) in [7, 11) is -2.56. The van der Waals surface area contributed by atoms with Crippen LogP contribution < -0.4 is 5.73 Å². The first-order chi connectivity index (χ1) is 6.89. The molecule has 0 spiro atoms. The maximum Gasteiger partial charge on any atom is 0.502 e. The van der Waals surface area contributed by atoms with E-state index in [1.807, 2.05) is 27.7 Å². The van der Waals surface area contributed by atoms with Crippen LogP contribution in [0.3, 0.4) is 0 Å². The molecule has 0 bridgehead atoms. The van der Waals surface area contributed by atoms with Crippen LogP contribution in [0.4, 0.5) is 0 Å². The Morgan fingerprint density at radius 3 is 1.80 bits per heavy atom. The molecular formula is C10H25NO3Si. The summed E-state index contributed by atoms with van der Waals surface area (Å²) in [6, 6.07) is 0.815. The third-order valence-electron chi connectivity index (χ3n) is 1.70. The molecule has 15 heavy (non-hydrogen) atoms. The van der Waals surface area contributed by atoms with Crippen LogP contribution in [0.2, 0.25) is 6.04 Å². The van der Waals surface area contributed by atoms with Gasteiger partial charge in [0.05, 0.1) is 0 Å². The van der Waals surface area contributed by atoms with E-state index in [-0.39, 0.29) is 0 Å². The van der Waals surface area contributed by atoms with Crippen molar-refractivity contribution >= 4 is 8.80 Å². The second-order valence-corrected chi connectivity index (χ2v) is 6.65. The molecule has 0 heterocycles. The summed E-state index contributed by atoms with van der Waals surface area (Å²) in [4.78, 5) is 0. The zero-order chi connectivity index (χ0) is 11.9. The van der Waals surface area contributed by atoms with Crippen LogP contribution in [0.25, 0.3) is 0 Å². The van der Waals surface area contributed by atoms with Gasteiger partial charge >= 0.3 is 8.80 Å². The highest BCUT2D eigenvalue weighted by Gasteiger charge is 2.43. The van der Waals surface area contributed by atoms with Crippen molar-refractivity contribution in [2.45, 2.75) is 52.8 Å². The van der Waals surface area contributed by atoms with E-state index in [1.54, 1.807) is 0 Å². The van der Waals surface area contributed by atoms with Crippen molar-refractivity contribution in [1.82, 2.24) is 0 Å². The van der Waals surface area contributed by atoms with Crippen LogP contribution >= 0.6 is 0 Å². The van der Waals surface area contributed by atoms with Crippen LogP contribution in [0.5, 0.6) is 0 Å². The summed E-state index contributed by atoms with van der Waals surface area (Å²) in [5.74, 6) is 0. The number of hydrogen-bond donors (Lipinski definition) is 1. The quantitative estimate of drug-likeness (QED) is 0.517. The minimum atomic E-state index is -2.56. The molecule has 0 fully saturated rings. The zero-order valence-electron chi connectivity index (χ0n) is 10.6. The van der Waals surface area contributed by atoms with E-state index in [9.17, 15) is 0 Å². The van der Waals surface area contributed by atoms with E-state index in [1.165, 1.54) is 0 Å². The van der Waals surface area contributed by atoms with Gasteiger partial charge in [-0.15, -0.1) is 0 Å². The first-order valence-corrected chi connectivity index (χ1v) is 7.59.